The first-order valence-corrected chi connectivity index (χ1v) is 9.75. The summed E-state index contributed by atoms with van der Waals surface area (Å²) >= 11 is 1.58. The first-order chi connectivity index (χ1) is 13.2. The molecule has 0 unspecified atom stereocenters. The Morgan fingerprint density at radius 1 is 1.07 bits per heavy atom. The Morgan fingerprint density at radius 2 is 1.89 bits per heavy atom. The maximum Gasteiger partial charge on any atom is 0.412 e. The number of rotatable bonds is 8. The first kappa shape index (κ1) is 19.0. The van der Waals surface area contributed by atoms with E-state index in [1.807, 2.05) is 29.6 Å². The number of aryl methyl sites for hydroxylation is 2. The molecule has 1 N–H and O–H groups in total. The van der Waals surface area contributed by atoms with Crippen molar-refractivity contribution in [2.45, 2.75) is 32.2 Å². The largest absolute Gasteiger partial charge is 0.412 e. The SMILES string of the molecule is O=C(NCc1cccs1)Oc1cccnc1CCCCc1ccc(F)cc1. The van der Waals surface area contributed by atoms with Crippen molar-refractivity contribution in [3.63, 3.8) is 0 Å². The fourth-order valence-corrected chi connectivity index (χ4v) is 3.33. The van der Waals surface area contributed by atoms with Crippen LogP contribution in [0.25, 0.3) is 0 Å². The zero-order chi connectivity index (χ0) is 18.9. The molecule has 2 heterocycles. The van der Waals surface area contributed by atoms with Crippen LogP contribution in [0.1, 0.15) is 29.0 Å². The molecule has 0 fully saturated rings. The summed E-state index contributed by atoms with van der Waals surface area (Å²) in [6, 6.07) is 14.0. The van der Waals surface area contributed by atoms with Gasteiger partial charge in [0.1, 0.15) is 5.82 Å². The Hall–Kier alpha value is -2.73. The van der Waals surface area contributed by atoms with E-state index in [1.165, 1.54) is 12.1 Å². The van der Waals surface area contributed by atoms with Crippen molar-refractivity contribution in [3.05, 3.63) is 82.1 Å². The molecule has 0 spiro atoms. The minimum absolute atomic E-state index is 0.216. The molecular weight excluding hydrogens is 363 g/mol. The third kappa shape index (κ3) is 6.18. The van der Waals surface area contributed by atoms with Crippen molar-refractivity contribution in [3.8, 4) is 5.75 Å². The number of benzene rings is 1. The number of carbonyl (C=O) groups is 1. The zero-order valence-electron chi connectivity index (χ0n) is 14.9. The van der Waals surface area contributed by atoms with Crippen LogP contribution in [-0.4, -0.2) is 11.1 Å². The highest BCUT2D eigenvalue weighted by molar-refractivity contribution is 7.09. The van der Waals surface area contributed by atoms with Gasteiger partial charge in [0.2, 0.25) is 0 Å². The van der Waals surface area contributed by atoms with E-state index in [2.05, 4.69) is 10.3 Å². The number of nitrogens with one attached hydrogen (secondary N) is 1. The Bertz CT molecular complexity index is 851. The lowest BCUT2D eigenvalue weighted by molar-refractivity contribution is 0.199. The standard InChI is InChI=1S/C21H21FN2O2S/c22-17-11-9-16(10-12-17)5-1-2-7-19-20(8-3-13-23-19)26-21(25)24-15-18-6-4-14-27-18/h3-4,6,8-14H,1-2,5,7,15H2,(H,24,25). The van der Waals surface area contributed by atoms with Gasteiger partial charge in [-0.2, -0.15) is 0 Å². The van der Waals surface area contributed by atoms with E-state index in [1.54, 1.807) is 29.7 Å². The van der Waals surface area contributed by atoms with Gasteiger partial charge in [-0.05, 0) is 67.0 Å². The first-order valence-electron chi connectivity index (χ1n) is 8.87. The van der Waals surface area contributed by atoms with Crippen molar-refractivity contribution in [1.82, 2.24) is 10.3 Å². The van der Waals surface area contributed by atoms with Gasteiger partial charge in [-0.1, -0.05) is 18.2 Å². The van der Waals surface area contributed by atoms with Gasteiger partial charge in [-0.25, -0.2) is 9.18 Å². The van der Waals surface area contributed by atoms with Crippen molar-refractivity contribution in [1.29, 1.82) is 0 Å². The molecule has 0 aliphatic carbocycles. The van der Waals surface area contributed by atoms with Crippen LogP contribution in [0, 0.1) is 5.82 Å². The fraction of sp³-hybridized carbons (Fsp3) is 0.238. The molecule has 0 saturated heterocycles. The quantitative estimate of drug-likeness (QED) is 0.547. The molecule has 1 aromatic carbocycles. The van der Waals surface area contributed by atoms with Gasteiger partial charge < -0.3 is 10.1 Å². The third-order valence-electron chi connectivity index (χ3n) is 4.08. The van der Waals surface area contributed by atoms with Gasteiger partial charge in [0.25, 0.3) is 0 Å². The second kappa shape index (κ2) is 9.83. The van der Waals surface area contributed by atoms with Crippen LogP contribution in [0.15, 0.2) is 60.1 Å². The van der Waals surface area contributed by atoms with Crippen LogP contribution in [0.2, 0.25) is 0 Å². The number of nitrogens with zero attached hydrogens (tertiary/aromatic N) is 1. The van der Waals surface area contributed by atoms with Crippen LogP contribution >= 0.6 is 11.3 Å². The van der Waals surface area contributed by atoms with E-state index in [4.69, 9.17) is 4.74 Å². The molecule has 2 aromatic heterocycles. The smallest absolute Gasteiger partial charge is 0.408 e. The molecule has 1 amide bonds. The number of pyridine rings is 1. The maximum absolute atomic E-state index is 12.9. The van der Waals surface area contributed by atoms with Gasteiger partial charge >= 0.3 is 6.09 Å². The number of ether oxygens (including phenoxy) is 1. The van der Waals surface area contributed by atoms with E-state index in [9.17, 15) is 9.18 Å². The molecular formula is C21H21FN2O2S. The molecule has 0 atom stereocenters. The summed E-state index contributed by atoms with van der Waals surface area (Å²) in [5, 5.41) is 4.71. The third-order valence-corrected chi connectivity index (χ3v) is 4.96. The molecule has 0 aliphatic heterocycles. The average Bonchev–Trinajstić information content (AvgIpc) is 3.20. The van der Waals surface area contributed by atoms with E-state index < -0.39 is 6.09 Å². The number of thiophene rings is 1. The Kier molecular flexibility index (Phi) is 6.93. The van der Waals surface area contributed by atoms with Crippen LogP contribution in [0.4, 0.5) is 9.18 Å². The number of amides is 1. The van der Waals surface area contributed by atoms with Gasteiger partial charge in [0, 0.05) is 11.1 Å². The zero-order valence-corrected chi connectivity index (χ0v) is 15.7. The van der Waals surface area contributed by atoms with Crippen molar-refractivity contribution in [2.75, 3.05) is 0 Å². The monoisotopic (exact) mass is 384 g/mol. The van der Waals surface area contributed by atoms with Crippen molar-refractivity contribution >= 4 is 17.4 Å². The fourth-order valence-electron chi connectivity index (χ4n) is 2.68. The lowest BCUT2D eigenvalue weighted by atomic mass is 10.1. The number of hydrogen-bond donors (Lipinski definition) is 1. The summed E-state index contributed by atoms with van der Waals surface area (Å²) in [6.07, 6.45) is 4.67. The maximum atomic E-state index is 12.9. The highest BCUT2D eigenvalue weighted by Gasteiger charge is 2.10. The molecule has 0 bridgehead atoms. The second-order valence-corrected chi connectivity index (χ2v) is 7.14. The van der Waals surface area contributed by atoms with Gasteiger partial charge in [0.05, 0.1) is 12.2 Å². The molecule has 4 nitrogen and oxygen atoms in total. The molecule has 27 heavy (non-hydrogen) atoms. The minimum Gasteiger partial charge on any atom is -0.408 e. The molecule has 6 heteroatoms. The topological polar surface area (TPSA) is 51.2 Å². The molecule has 0 saturated carbocycles. The van der Waals surface area contributed by atoms with E-state index in [0.29, 0.717) is 12.3 Å². The lowest BCUT2D eigenvalue weighted by Crippen LogP contribution is -2.26. The summed E-state index contributed by atoms with van der Waals surface area (Å²) in [5.41, 5.74) is 1.88. The highest BCUT2D eigenvalue weighted by atomic mass is 32.1. The van der Waals surface area contributed by atoms with Crippen LogP contribution in [0.3, 0.4) is 0 Å². The highest BCUT2D eigenvalue weighted by Crippen LogP contribution is 2.19. The normalized spacial score (nSPS) is 10.6. The summed E-state index contributed by atoms with van der Waals surface area (Å²) in [7, 11) is 0. The van der Waals surface area contributed by atoms with E-state index >= 15 is 0 Å². The number of carbonyl (C=O) groups excluding carboxylic acids is 1. The number of halogens is 1. The Labute approximate surface area is 162 Å². The molecule has 140 valence electrons. The van der Waals surface area contributed by atoms with Crippen LogP contribution in [-0.2, 0) is 19.4 Å². The molecule has 3 rings (SSSR count). The predicted molar refractivity (Wildman–Crippen MR) is 104 cm³/mol. The number of aromatic nitrogens is 1. The summed E-state index contributed by atoms with van der Waals surface area (Å²) in [5.74, 6) is 0.273. The second-order valence-electron chi connectivity index (χ2n) is 6.10. The Morgan fingerprint density at radius 3 is 2.67 bits per heavy atom. The van der Waals surface area contributed by atoms with Gasteiger partial charge in [0.15, 0.2) is 5.75 Å². The van der Waals surface area contributed by atoms with Gasteiger partial charge in [-0.3, -0.25) is 4.98 Å². The minimum atomic E-state index is -0.482. The van der Waals surface area contributed by atoms with E-state index in [-0.39, 0.29) is 5.82 Å². The van der Waals surface area contributed by atoms with Crippen molar-refractivity contribution < 1.29 is 13.9 Å². The number of hydrogen-bond acceptors (Lipinski definition) is 4. The summed E-state index contributed by atoms with van der Waals surface area (Å²) < 4.78 is 18.3. The Balaban J connectivity index is 1.46. The summed E-state index contributed by atoms with van der Waals surface area (Å²) in [4.78, 5) is 17.4. The average molecular weight is 384 g/mol. The molecule has 0 radical (unpaired) electrons. The molecule has 0 aliphatic rings. The van der Waals surface area contributed by atoms with Gasteiger partial charge in [-0.15, -0.1) is 11.3 Å². The van der Waals surface area contributed by atoms with Crippen LogP contribution < -0.4 is 10.1 Å². The molecule has 3 aromatic rings. The lowest BCUT2D eigenvalue weighted by Gasteiger charge is -2.10. The summed E-state index contributed by atoms with van der Waals surface area (Å²) in [6.45, 7) is 0.448. The predicted octanol–water partition coefficient (Wildman–Crippen LogP) is 5.14. The van der Waals surface area contributed by atoms with Crippen LogP contribution in [0.5, 0.6) is 5.75 Å². The number of unbranched alkanes of at least 4 members (excludes halogenated alkanes) is 1. The van der Waals surface area contributed by atoms with E-state index in [0.717, 1.165) is 41.8 Å². The van der Waals surface area contributed by atoms with Crippen molar-refractivity contribution in [2.24, 2.45) is 0 Å².